The molecule has 0 aliphatic carbocycles. The van der Waals surface area contributed by atoms with Gasteiger partial charge in [-0.15, -0.1) is 0 Å². The SMILES string of the molecule is CC(C)O.N=C(N)N.O. The van der Waals surface area contributed by atoms with E-state index in [9.17, 15) is 0 Å². The van der Waals surface area contributed by atoms with Crippen molar-refractivity contribution in [2.75, 3.05) is 0 Å². The zero-order valence-corrected chi connectivity index (χ0v) is 5.68. The zero-order chi connectivity index (χ0) is 7.15. The number of hydrogen-bond acceptors (Lipinski definition) is 2. The van der Waals surface area contributed by atoms with Crippen molar-refractivity contribution in [3.63, 3.8) is 0 Å². The Hall–Kier alpha value is -0.810. The van der Waals surface area contributed by atoms with E-state index in [1.807, 2.05) is 0 Å². The summed E-state index contributed by atoms with van der Waals surface area (Å²) in [6.07, 6.45) is -0.167. The number of nitrogens with one attached hydrogen (secondary N) is 1. The number of guanidine groups is 1. The molecule has 0 aromatic heterocycles. The summed E-state index contributed by atoms with van der Waals surface area (Å²) in [6, 6.07) is 0. The molecule has 0 radical (unpaired) electrons. The molecule has 0 spiro atoms. The topological polar surface area (TPSA) is 128 Å². The molecular weight excluding hydrogens is 122 g/mol. The Kier molecular flexibility index (Phi) is 17.9. The molecule has 0 aromatic rings. The van der Waals surface area contributed by atoms with E-state index in [0.717, 1.165) is 0 Å². The highest BCUT2D eigenvalue weighted by Gasteiger charge is 1.69. The second-order valence-corrected chi connectivity index (χ2v) is 1.55. The maximum absolute atomic E-state index is 8.06. The van der Waals surface area contributed by atoms with E-state index in [2.05, 4.69) is 11.5 Å². The highest BCUT2D eigenvalue weighted by molar-refractivity contribution is 5.71. The first-order valence-electron chi connectivity index (χ1n) is 2.24. The highest BCUT2D eigenvalue weighted by Crippen LogP contribution is 1.65. The van der Waals surface area contributed by atoms with Crippen LogP contribution in [0.1, 0.15) is 13.8 Å². The Morgan fingerprint density at radius 3 is 1.44 bits per heavy atom. The maximum Gasteiger partial charge on any atom is 0.183 e. The van der Waals surface area contributed by atoms with Crippen LogP contribution in [0.5, 0.6) is 0 Å². The molecule has 8 N–H and O–H groups in total. The van der Waals surface area contributed by atoms with Crippen molar-refractivity contribution >= 4 is 5.96 Å². The zero-order valence-electron chi connectivity index (χ0n) is 5.68. The second-order valence-electron chi connectivity index (χ2n) is 1.55. The molecule has 0 unspecified atom stereocenters. The molecule has 0 saturated carbocycles. The monoisotopic (exact) mass is 137 g/mol. The number of nitrogens with two attached hydrogens (primary N) is 2. The summed E-state index contributed by atoms with van der Waals surface area (Å²) in [7, 11) is 0. The molecular formula is C4H15N3O2. The van der Waals surface area contributed by atoms with Gasteiger partial charge >= 0.3 is 0 Å². The third kappa shape index (κ3) is 295. The van der Waals surface area contributed by atoms with Gasteiger partial charge in [0.25, 0.3) is 0 Å². The Morgan fingerprint density at radius 1 is 1.44 bits per heavy atom. The van der Waals surface area contributed by atoms with E-state index in [4.69, 9.17) is 10.5 Å². The fraction of sp³-hybridized carbons (Fsp3) is 0.750. The second kappa shape index (κ2) is 10.2. The maximum atomic E-state index is 8.06. The summed E-state index contributed by atoms with van der Waals surface area (Å²) >= 11 is 0. The first-order valence-corrected chi connectivity index (χ1v) is 2.24. The summed E-state index contributed by atoms with van der Waals surface area (Å²) in [5, 5.41) is 14.1. The molecule has 0 aliphatic rings. The van der Waals surface area contributed by atoms with Gasteiger partial charge in [0.05, 0.1) is 0 Å². The number of hydrogen-bond donors (Lipinski definition) is 4. The Bertz CT molecular complexity index is 58.1. The van der Waals surface area contributed by atoms with Crippen LogP contribution in [-0.2, 0) is 0 Å². The third-order valence-corrected chi connectivity index (χ3v) is 0. The van der Waals surface area contributed by atoms with Gasteiger partial charge < -0.3 is 22.1 Å². The Balaban J connectivity index is -0.0000000720. The summed E-state index contributed by atoms with van der Waals surface area (Å²) in [5.74, 6) is -0.333. The highest BCUT2D eigenvalue weighted by atomic mass is 16.3. The Morgan fingerprint density at radius 2 is 1.44 bits per heavy atom. The van der Waals surface area contributed by atoms with Crippen molar-refractivity contribution < 1.29 is 10.6 Å². The minimum atomic E-state index is -0.333. The summed E-state index contributed by atoms with van der Waals surface area (Å²) in [6.45, 7) is 3.44. The van der Waals surface area contributed by atoms with Gasteiger partial charge in [0.1, 0.15) is 0 Å². The van der Waals surface area contributed by atoms with Gasteiger partial charge in [0, 0.05) is 6.10 Å². The minimum absolute atomic E-state index is 0. The van der Waals surface area contributed by atoms with Gasteiger partial charge in [-0.2, -0.15) is 0 Å². The summed E-state index contributed by atoms with van der Waals surface area (Å²) in [4.78, 5) is 0. The minimum Gasteiger partial charge on any atom is -0.412 e. The molecule has 0 amide bonds. The van der Waals surface area contributed by atoms with E-state index in [1.54, 1.807) is 13.8 Å². The van der Waals surface area contributed by atoms with Crippen LogP contribution < -0.4 is 11.5 Å². The van der Waals surface area contributed by atoms with E-state index < -0.39 is 0 Å². The first kappa shape index (κ1) is 15.7. The van der Waals surface area contributed by atoms with E-state index >= 15 is 0 Å². The van der Waals surface area contributed by atoms with Gasteiger partial charge in [-0.1, -0.05) is 0 Å². The average molecular weight is 137 g/mol. The van der Waals surface area contributed by atoms with Crippen molar-refractivity contribution in [1.82, 2.24) is 0 Å². The third-order valence-electron chi connectivity index (χ3n) is 0. The molecule has 0 rings (SSSR count). The van der Waals surface area contributed by atoms with Crippen LogP contribution in [0.3, 0.4) is 0 Å². The molecule has 0 atom stereocenters. The Labute approximate surface area is 54.5 Å². The van der Waals surface area contributed by atoms with Gasteiger partial charge in [-0.3, -0.25) is 5.41 Å². The van der Waals surface area contributed by atoms with Crippen LogP contribution in [0.4, 0.5) is 0 Å². The van der Waals surface area contributed by atoms with Crippen LogP contribution in [0, 0.1) is 5.41 Å². The van der Waals surface area contributed by atoms with Crippen molar-refractivity contribution in [1.29, 1.82) is 5.41 Å². The van der Waals surface area contributed by atoms with Crippen molar-refractivity contribution in [2.45, 2.75) is 20.0 Å². The van der Waals surface area contributed by atoms with E-state index in [1.165, 1.54) is 0 Å². The average Bonchev–Trinajstić information content (AvgIpc) is 1.25. The molecule has 0 fully saturated rings. The summed E-state index contributed by atoms with van der Waals surface area (Å²) < 4.78 is 0. The lowest BCUT2D eigenvalue weighted by molar-refractivity contribution is 0.216. The predicted molar refractivity (Wildman–Crippen MR) is 37.1 cm³/mol. The summed E-state index contributed by atoms with van der Waals surface area (Å²) in [5.41, 5.74) is 8.94. The molecule has 58 valence electrons. The molecule has 5 nitrogen and oxygen atoms in total. The quantitative estimate of drug-likeness (QED) is 0.237. The molecule has 0 heterocycles. The lowest BCUT2D eigenvalue weighted by atomic mass is 10.5. The molecule has 0 bridgehead atoms. The van der Waals surface area contributed by atoms with Gasteiger partial charge in [-0.05, 0) is 13.8 Å². The van der Waals surface area contributed by atoms with Crippen LogP contribution >= 0.6 is 0 Å². The lowest BCUT2D eigenvalue weighted by Gasteiger charge is -1.80. The molecule has 0 aliphatic heterocycles. The van der Waals surface area contributed by atoms with Gasteiger partial charge in [0.2, 0.25) is 0 Å². The largest absolute Gasteiger partial charge is 0.412 e. The molecule has 9 heavy (non-hydrogen) atoms. The predicted octanol–water partition coefficient (Wildman–Crippen LogP) is -1.60. The van der Waals surface area contributed by atoms with Crippen LogP contribution in [0.15, 0.2) is 0 Å². The number of aliphatic hydroxyl groups is 1. The lowest BCUT2D eigenvalue weighted by Crippen LogP contribution is -2.20. The van der Waals surface area contributed by atoms with E-state index in [-0.39, 0.29) is 17.5 Å². The molecule has 0 saturated heterocycles. The first-order chi connectivity index (χ1) is 3.46. The van der Waals surface area contributed by atoms with E-state index in [0.29, 0.717) is 0 Å². The van der Waals surface area contributed by atoms with Crippen LogP contribution in [0.25, 0.3) is 0 Å². The molecule has 0 aromatic carbocycles. The van der Waals surface area contributed by atoms with Gasteiger partial charge in [-0.25, -0.2) is 0 Å². The van der Waals surface area contributed by atoms with Gasteiger partial charge in [0.15, 0.2) is 5.96 Å². The fourth-order valence-electron chi connectivity index (χ4n) is 0. The number of rotatable bonds is 0. The van der Waals surface area contributed by atoms with Crippen LogP contribution in [0.2, 0.25) is 0 Å². The van der Waals surface area contributed by atoms with Crippen molar-refractivity contribution in [2.24, 2.45) is 11.5 Å². The fourth-order valence-corrected chi connectivity index (χ4v) is 0. The molecule has 5 heteroatoms. The smallest absolute Gasteiger partial charge is 0.183 e. The standard InChI is InChI=1S/C3H8O.CH5N3.H2O/c1-3(2)4;2-1(3)4;/h3-4H,1-2H3;(H5,2,3,4);1H2. The normalized spacial score (nSPS) is 6.67. The van der Waals surface area contributed by atoms with Crippen molar-refractivity contribution in [3.8, 4) is 0 Å². The van der Waals surface area contributed by atoms with Crippen molar-refractivity contribution in [3.05, 3.63) is 0 Å². The van der Waals surface area contributed by atoms with Crippen LogP contribution in [-0.4, -0.2) is 22.6 Å². The number of aliphatic hydroxyl groups excluding tert-OH is 1.